The van der Waals surface area contributed by atoms with Gasteiger partial charge in [0, 0.05) is 35.1 Å². The van der Waals surface area contributed by atoms with Crippen molar-refractivity contribution in [2.75, 3.05) is 6.61 Å². The molecule has 4 aromatic rings. The summed E-state index contributed by atoms with van der Waals surface area (Å²) in [4.78, 5) is 7.55. The summed E-state index contributed by atoms with van der Waals surface area (Å²) in [7, 11) is 0. The second kappa shape index (κ2) is 6.83. The average molecular weight is 333 g/mol. The van der Waals surface area contributed by atoms with Crippen molar-refractivity contribution in [3.8, 4) is 17.1 Å². The van der Waals surface area contributed by atoms with Gasteiger partial charge in [0.05, 0.1) is 6.54 Å². The van der Waals surface area contributed by atoms with Gasteiger partial charge in [-0.25, -0.2) is 4.98 Å². The van der Waals surface area contributed by atoms with E-state index in [0.717, 1.165) is 28.0 Å². The van der Waals surface area contributed by atoms with E-state index in [4.69, 9.17) is 4.74 Å². The molecule has 0 aliphatic carbocycles. The number of nitrogens with zero attached hydrogens (tertiary/aromatic N) is 2. The molecule has 5 heteroatoms. The van der Waals surface area contributed by atoms with Crippen molar-refractivity contribution < 1.29 is 9.84 Å². The number of hydrogen-bond donors (Lipinski definition) is 2. The Morgan fingerprint density at radius 3 is 2.84 bits per heavy atom. The molecule has 0 bridgehead atoms. The van der Waals surface area contributed by atoms with E-state index in [1.165, 1.54) is 0 Å². The van der Waals surface area contributed by atoms with Gasteiger partial charge in [-0.15, -0.1) is 0 Å². The lowest BCUT2D eigenvalue weighted by Gasteiger charge is -2.15. The summed E-state index contributed by atoms with van der Waals surface area (Å²) in [5.74, 6) is 1.61. The molecule has 126 valence electrons. The van der Waals surface area contributed by atoms with E-state index in [1.54, 1.807) is 6.20 Å². The van der Waals surface area contributed by atoms with Crippen molar-refractivity contribution in [1.82, 2.24) is 14.5 Å². The van der Waals surface area contributed by atoms with E-state index in [9.17, 15) is 5.11 Å². The maximum absolute atomic E-state index is 10.4. The molecule has 2 heterocycles. The number of nitrogens with one attached hydrogen (secondary N) is 1. The highest BCUT2D eigenvalue weighted by molar-refractivity contribution is 5.85. The normalized spacial score (nSPS) is 12.4. The van der Waals surface area contributed by atoms with Crippen LogP contribution in [-0.4, -0.2) is 32.4 Å². The molecule has 0 fully saturated rings. The summed E-state index contributed by atoms with van der Waals surface area (Å²) < 4.78 is 7.77. The first-order chi connectivity index (χ1) is 12.3. The molecule has 0 aliphatic heterocycles. The molecule has 0 radical (unpaired) electrons. The molecule has 0 spiro atoms. The van der Waals surface area contributed by atoms with E-state index in [2.05, 4.69) is 9.97 Å². The van der Waals surface area contributed by atoms with Crippen LogP contribution in [0.2, 0.25) is 0 Å². The van der Waals surface area contributed by atoms with Crippen LogP contribution in [0.25, 0.3) is 22.3 Å². The minimum absolute atomic E-state index is 0.219. The second-order valence-electron chi connectivity index (χ2n) is 5.93. The largest absolute Gasteiger partial charge is 0.490 e. The van der Waals surface area contributed by atoms with E-state index >= 15 is 0 Å². The standard InChI is InChI=1S/C20H19N3O2/c24-16(14-25-19-8-4-7-18-17(19)9-10-21-18)13-23-12-11-22-20(23)15-5-2-1-3-6-15/h1-12,16,21,24H,13-14H2. The van der Waals surface area contributed by atoms with Crippen LogP contribution in [0.4, 0.5) is 0 Å². The van der Waals surface area contributed by atoms with Crippen molar-refractivity contribution in [2.45, 2.75) is 12.6 Å². The van der Waals surface area contributed by atoms with Crippen molar-refractivity contribution in [1.29, 1.82) is 0 Å². The zero-order chi connectivity index (χ0) is 17.1. The van der Waals surface area contributed by atoms with Crippen molar-refractivity contribution in [3.63, 3.8) is 0 Å². The van der Waals surface area contributed by atoms with Crippen LogP contribution >= 0.6 is 0 Å². The number of aliphatic hydroxyl groups is 1. The third-order valence-electron chi connectivity index (χ3n) is 4.14. The second-order valence-corrected chi connectivity index (χ2v) is 5.93. The minimum Gasteiger partial charge on any atom is -0.490 e. The molecular formula is C20H19N3O2. The van der Waals surface area contributed by atoms with E-state index in [-0.39, 0.29) is 6.61 Å². The number of fused-ring (bicyclic) bond motifs is 1. The number of ether oxygens (including phenoxy) is 1. The summed E-state index contributed by atoms with van der Waals surface area (Å²) >= 11 is 0. The molecule has 2 aromatic carbocycles. The van der Waals surface area contributed by atoms with Gasteiger partial charge in [-0.3, -0.25) is 0 Å². The molecule has 0 amide bonds. The van der Waals surface area contributed by atoms with Crippen LogP contribution in [0, 0.1) is 0 Å². The number of rotatable bonds is 6. The summed E-state index contributed by atoms with van der Waals surface area (Å²) in [6, 6.07) is 17.8. The number of H-pyrrole nitrogens is 1. The summed E-state index contributed by atoms with van der Waals surface area (Å²) in [6.45, 7) is 0.643. The Morgan fingerprint density at radius 1 is 1.08 bits per heavy atom. The highest BCUT2D eigenvalue weighted by atomic mass is 16.5. The molecule has 4 rings (SSSR count). The van der Waals surface area contributed by atoms with Gasteiger partial charge in [-0.1, -0.05) is 36.4 Å². The first-order valence-corrected chi connectivity index (χ1v) is 8.25. The number of aromatic nitrogens is 3. The molecule has 25 heavy (non-hydrogen) atoms. The Labute approximate surface area is 145 Å². The molecule has 2 N–H and O–H groups in total. The minimum atomic E-state index is -0.633. The van der Waals surface area contributed by atoms with Gasteiger partial charge in [0.15, 0.2) is 0 Å². The SMILES string of the molecule is OC(COc1cccc2[nH]ccc12)Cn1ccnc1-c1ccccc1. The fourth-order valence-corrected chi connectivity index (χ4v) is 2.95. The van der Waals surface area contributed by atoms with Gasteiger partial charge in [0.1, 0.15) is 24.3 Å². The van der Waals surface area contributed by atoms with Crippen molar-refractivity contribution >= 4 is 10.9 Å². The van der Waals surface area contributed by atoms with E-state index < -0.39 is 6.10 Å². The predicted octanol–water partition coefficient (Wildman–Crippen LogP) is 3.47. The van der Waals surface area contributed by atoms with E-state index in [0.29, 0.717) is 6.54 Å². The number of aromatic amines is 1. The molecule has 2 aromatic heterocycles. The summed E-state index contributed by atoms with van der Waals surface area (Å²) in [6.07, 6.45) is 4.87. The first-order valence-electron chi connectivity index (χ1n) is 8.25. The number of aliphatic hydroxyl groups excluding tert-OH is 1. The zero-order valence-corrected chi connectivity index (χ0v) is 13.7. The first kappa shape index (κ1) is 15.5. The topological polar surface area (TPSA) is 63.1 Å². The van der Waals surface area contributed by atoms with Gasteiger partial charge in [-0.05, 0) is 18.2 Å². The Bertz CT molecular complexity index is 959. The van der Waals surface area contributed by atoms with Crippen LogP contribution in [-0.2, 0) is 6.54 Å². The lowest BCUT2D eigenvalue weighted by atomic mass is 10.2. The zero-order valence-electron chi connectivity index (χ0n) is 13.7. The number of benzene rings is 2. The molecular weight excluding hydrogens is 314 g/mol. The Morgan fingerprint density at radius 2 is 1.96 bits per heavy atom. The van der Waals surface area contributed by atoms with Gasteiger partial charge in [-0.2, -0.15) is 0 Å². The van der Waals surface area contributed by atoms with Crippen molar-refractivity contribution in [3.05, 3.63) is 73.2 Å². The monoisotopic (exact) mass is 333 g/mol. The van der Waals surface area contributed by atoms with E-state index in [1.807, 2.05) is 71.6 Å². The molecule has 5 nitrogen and oxygen atoms in total. The molecule has 0 aliphatic rings. The summed E-state index contributed by atoms with van der Waals surface area (Å²) in [5, 5.41) is 11.4. The van der Waals surface area contributed by atoms with Crippen LogP contribution in [0.1, 0.15) is 0 Å². The predicted molar refractivity (Wildman–Crippen MR) is 97.5 cm³/mol. The Kier molecular flexibility index (Phi) is 4.23. The lowest BCUT2D eigenvalue weighted by Crippen LogP contribution is -2.23. The highest BCUT2D eigenvalue weighted by Gasteiger charge is 2.12. The van der Waals surface area contributed by atoms with Gasteiger partial charge < -0.3 is 19.4 Å². The maximum Gasteiger partial charge on any atom is 0.139 e. The molecule has 1 unspecified atom stereocenters. The van der Waals surface area contributed by atoms with Crippen LogP contribution < -0.4 is 4.74 Å². The average Bonchev–Trinajstić information content (AvgIpc) is 3.30. The van der Waals surface area contributed by atoms with Crippen LogP contribution in [0.15, 0.2) is 73.2 Å². The molecule has 1 atom stereocenters. The van der Waals surface area contributed by atoms with Crippen LogP contribution in [0.3, 0.4) is 0 Å². The highest BCUT2D eigenvalue weighted by Crippen LogP contribution is 2.24. The number of imidazole rings is 1. The smallest absolute Gasteiger partial charge is 0.139 e. The fraction of sp³-hybridized carbons (Fsp3) is 0.150. The quantitative estimate of drug-likeness (QED) is 0.568. The van der Waals surface area contributed by atoms with Crippen molar-refractivity contribution in [2.24, 2.45) is 0 Å². The summed E-state index contributed by atoms with van der Waals surface area (Å²) in [5.41, 5.74) is 2.05. The fourth-order valence-electron chi connectivity index (χ4n) is 2.95. The van der Waals surface area contributed by atoms with Gasteiger partial charge in [0.25, 0.3) is 0 Å². The third kappa shape index (κ3) is 3.27. The van der Waals surface area contributed by atoms with Crippen LogP contribution in [0.5, 0.6) is 5.75 Å². The Hall–Kier alpha value is -3.05. The maximum atomic E-state index is 10.4. The molecule has 0 saturated carbocycles. The van der Waals surface area contributed by atoms with Gasteiger partial charge >= 0.3 is 0 Å². The lowest BCUT2D eigenvalue weighted by molar-refractivity contribution is 0.0936. The van der Waals surface area contributed by atoms with Gasteiger partial charge in [0.2, 0.25) is 0 Å². The third-order valence-corrected chi connectivity index (χ3v) is 4.14. The molecule has 0 saturated heterocycles. The Balaban J connectivity index is 1.44. The number of hydrogen-bond acceptors (Lipinski definition) is 3.